The van der Waals surface area contributed by atoms with Crippen LogP contribution in [-0.2, 0) is 9.68 Å². The molecule has 0 amide bonds. The molecule has 1 unspecified atom stereocenters. The summed E-state index contributed by atoms with van der Waals surface area (Å²) in [6, 6.07) is 0. The molecule has 0 radical (unpaired) electrons. The molecular weight excluding hydrogens is 184 g/mol. The van der Waals surface area contributed by atoms with Crippen molar-refractivity contribution in [3.63, 3.8) is 0 Å². The van der Waals surface area contributed by atoms with Gasteiger partial charge in [0.25, 0.3) is 0 Å². The minimum absolute atomic E-state index is 0.753. The minimum Gasteiger partial charge on any atom is -0.315 e. The van der Waals surface area contributed by atoms with Crippen LogP contribution in [0.1, 0.15) is 13.3 Å². The Bertz CT molecular complexity index is 110. The van der Waals surface area contributed by atoms with Crippen molar-refractivity contribution in [2.45, 2.75) is 18.9 Å². The highest BCUT2D eigenvalue weighted by Gasteiger charge is 1.99. The fraction of sp³-hybridized carbons (Fsp3) is 1.00. The van der Waals surface area contributed by atoms with E-state index in [0.717, 1.165) is 25.2 Å². The average molecular weight is 206 g/mol. The topological polar surface area (TPSA) is 33.7 Å². The second kappa shape index (κ2) is 8.65. The van der Waals surface area contributed by atoms with E-state index in [0.29, 0.717) is 0 Å². The summed E-state index contributed by atoms with van der Waals surface area (Å²) < 4.78 is 0. The summed E-state index contributed by atoms with van der Waals surface area (Å²) in [4.78, 5) is 9.81. The molecule has 4 nitrogen and oxygen atoms in total. The van der Waals surface area contributed by atoms with Crippen molar-refractivity contribution in [2.24, 2.45) is 0 Å². The smallest absolute Gasteiger partial charge is 0.0641 e. The zero-order valence-electron chi connectivity index (χ0n) is 9.17. The lowest BCUT2D eigenvalue weighted by atomic mass is 10.3. The maximum absolute atomic E-state index is 4.91. The van der Waals surface area contributed by atoms with Crippen LogP contribution in [0.3, 0.4) is 0 Å². The van der Waals surface area contributed by atoms with Gasteiger partial charge in [-0.05, 0) is 13.0 Å². The Labute approximate surface area is 83.9 Å². The summed E-state index contributed by atoms with van der Waals surface area (Å²) >= 11 is 0. The van der Waals surface area contributed by atoms with E-state index in [4.69, 9.17) is 9.68 Å². The summed E-state index contributed by atoms with van der Waals surface area (Å²) in [5, 5.41) is 4.79. The minimum atomic E-state index is 0.753. The first-order chi connectivity index (χ1) is 6.20. The Hall–Kier alpha value is 0.0569. The van der Waals surface area contributed by atoms with Gasteiger partial charge in [-0.3, -0.25) is 9.68 Å². The molecule has 0 aliphatic carbocycles. The van der Waals surface area contributed by atoms with E-state index in [2.05, 4.69) is 12.2 Å². The van der Waals surface area contributed by atoms with E-state index in [1.54, 1.807) is 14.2 Å². The third-order valence-corrected chi connectivity index (χ3v) is 2.35. The molecule has 0 rings (SSSR count). The molecule has 0 saturated heterocycles. The molecule has 5 heteroatoms. The Morgan fingerprint density at radius 3 is 2.38 bits per heavy atom. The lowest BCUT2D eigenvalue weighted by molar-refractivity contribution is -0.341. The molecule has 0 aromatic rings. The predicted octanol–water partition coefficient (Wildman–Crippen LogP) is -0.435. The van der Waals surface area contributed by atoms with Gasteiger partial charge in [0.1, 0.15) is 0 Å². The summed E-state index contributed by atoms with van der Waals surface area (Å²) in [6.45, 7) is 5.02. The van der Waals surface area contributed by atoms with E-state index >= 15 is 0 Å². The second-order valence-corrected chi connectivity index (χ2v) is 5.33. The lowest BCUT2D eigenvalue weighted by Gasteiger charge is -2.16. The molecule has 0 aliphatic rings. The van der Waals surface area contributed by atoms with E-state index in [9.17, 15) is 0 Å². The van der Waals surface area contributed by atoms with E-state index < -0.39 is 0 Å². The van der Waals surface area contributed by atoms with Crippen molar-refractivity contribution in [3.05, 3.63) is 0 Å². The summed E-state index contributed by atoms with van der Waals surface area (Å²) in [5.74, 6) is 0. The molecule has 0 aliphatic heterocycles. The monoisotopic (exact) mass is 206 g/mol. The quantitative estimate of drug-likeness (QED) is 0.332. The maximum Gasteiger partial charge on any atom is 0.0641 e. The molecule has 0 bridgehead atoms. The number of rotatable bonds is 8. The van der Waals surface area contributed by atoms with E-state index in [1.165, 1.54) is 21.9 Å². The van der Waals surface area contributed by atoms with Gasteiger partial charge < -0.3 is 5.32 Å². The zero-order valence-corrected chi connectivity index (χ0v) is 11.2. The number of hydrogen-bond donors (Lipinski definition) is 1. The highest BCUT2D eigenvalue weighted by Crippen LogP contribution is 1.99. The van der Waals surface area contributed by atoms with Crippen LogP contribution in [0.15, 0.2) is 0 Å². The van der Waals surface area contributed by atoms with Gasteiger partial charge >= 0.3 is 0 Å². The van der Waals surface area contributed by atoms with E-state index in [1.807, 2.05) is 0 Å². The first-order valence-corrected chi connectivity index (χ1v) is 5.92. The first kappa shape index (κ1) is 13.1. The number of nitrogens with zero attached hydrogens (tertiary/aromatic N) is 1. The molecular formula is C8H22N2O2Si. The molecule has 80 valence electrons. The Morgan fingerprint density at radius 2 is 1.92 bits per heavy atom. The normalized spacial score (nSPS) is 13.8. The second-order valence-electron chi connectivity index (χ2n) is 3.35. The lowest BCUT2D eigenvalue weighted by Crippen LogP contribution is -2.31. The molecule has 1 N–H and O–H groups in total. The number of hydroxylamine groups is 2. The van der Waals surface area contributed by atoms with Gasteiger partial charge in [0.15, 0.2) is 0 Å². The summed E-state index contributed by atoms with van der Waals surface area (Å²) in [5.41, 5.74) is 0.897. The molecule has 0 saturated carbocycles. The summed E-state index contributed by atoms with van der Waals surface area (Å²) in [6.07, 6.45) is 1.27. The van der Waals surface area contributed by atoms with Crippen molar-refractivity contribution < 1.29 is 9.68 Å². The SMILES string of the molecule is CON(CCNCCC(C)[SiH3])OC. The van der Waals surface area contributed by atoms with Crippen LogP contribution in [0.25, 0.3) is 0 Å². The van der Waals surface area contributed by atoms with Gasteiger partial charge in [0.2, 0.25) is 0 Å². The van der Waals surface area contributed by atoms with Gasteiger partial charge in [-0.15, -0.1) is 0 Å². The van der Waals surface area contributed by atoms with Crippen LogP contribution in [-0.4, -0.2) is 49.3 Å². The fourth-order valence-electron chi connectivity index (χ4n) is 0.943. The van der Waals surface area contributed by atoms with Crippen molar-refractivity contribution in [2.75, 3.05) is 33.9 Å². The Morgan fingerprint density at radius 1 is 1.31 bits per heavy atom. The van der Waals surface area contributed by atoms with E-state index in [-0.39, 0.29) is 0 Å². The third kappa shape index (κ3) is 8.39. The molecule has 0 heterocycles. The average Bonchev–Trinajstić information content (AvgIpc) is 2.11. The van der Waals surface area contributed by atoms with Crippen molar-refractivity contribution in [3.8, 4) is 0 Å². The molecule has 13 heavy (non-hydrogen) atoms. The fourth-order valence-corrected chi connectivity index (χ4v) is 1.23. The number of nitrogens with one attached hydrogen (secondary N) is 1. The van der Waals surface area contributed by atoms with Crippen LogP contribution >= 0.6 is 0 Å². The van der Waals surface area contributed by atoms with Gasteiger partial charge in [-0.2, -0.15) is 0 Å². The molecule has 0 spiro atoms. The Kier molecular flexibility index (Phi) is 8.68. The van der Waals surface area contributed by atoms with Crippen molar-refractivity contribution in [1.29, 1.82) is 0 Å². The summed E-state index contributed by atoms with van der Waals surface area (Å²) in [7, 11) is 4.49. The van der Waals surface area contributed by atoms with Crippen LogP contribution in [0, 0.1) is 0 Å². The first-order valence-electron chi connectivity index (χ1n) is 4.77. The van der Waals surface area contributed by atoms with Crippen molar-refractivity contribution >= 4 is 10.2 Å². The van der Waals surface area contributed by atoms with Crippen LogP contribution in [0.5, 0.6) is 0 Å². The maximum atomic E-state index is 4.91. The largest absolute Gasteiger partial charge is 0.315 e. The van der Waals surface area contributed by atoms with Gasteiger partial charge in [0, 0.05) is 16.8 Å². The molecule has 0 aromatic heterocycles. The van der Waals surface area contributed by atoms with Crippen LogP contribution in [0.2, 0.25) is 5.54 Å². The molecule has 0 aromatic carbocycles. The predicted molar refractivity (Wildman–Crippen MR) is 57.6 cm³/mol. The van der Waals surface area contributed by atoms with Gasteiger partial charge in [-0.25, -0.2) is 0 Å². The number of hydrogen-bond acceptors (Lipinski definition) is 4. The zero-order chi connectivity index (χ0) is 10.1. The van der Waals surface area contributed by atoms with Crippen LogP contribution < -0.4 is 5.32 Å². The molecule has 1 atom stereocenters. The van der Waals surface area contributed by atoms with Crippen molar-refractivity contribution in [1.82, 2.24) is 10.5 Å². The highest BCUT2D eigenvalue weighted by atomic mass is 28.1. The highest BCUT2D eigenvalue weighted by molar-refractivity contribution is 6.11. The van der Waals surface area contributed by atoms with Gasteiger partial charge in [0.05, 0.1) is 20.8 Å². The van der Waals surface area contributed by atoms with Crippen LogP contribution in [0.4, 0.5) is 0 Å². The van der Waals surface area contributed by atoms with Gasteiger partial charge in [-0.1, -0.05) is 17.7 Å². The third-order valence-electron chi connectivity index (χ3n) is 1.78. The standard InChI is InChI=1S/C8H22N2O2Si/c1-8(13)4-5-9-6-7-10(11-2)12-3/h8-9H,4-7H2,1-3,13H3. The molecule has 0 fully saturated rings. The Balaban J connectivity index is 3.14.